The fraction of sp³-hybridized carbons (Fsp3) is 0.824. The summed E-state index contributed by atoms with van der Waals surface area (Å²) in [5.74, 6) is 0.973. The summed E-state index contributed by atoms with van der Waals surface area (Å²) >= 11 is 0. The lowest BCUT2D eigenvalue weighted by molar-refractivity contribution is -0.192. The van der Waals surface area contributed by atoms with Crippen LogP contribution < -0.4 is 0 Å². The molecule has 6 atom stereocenters. The van der Waals surface area contributed by atoms with Crippen molar-refractivity contribution in [2.75, 3.05) is 13.2 Å². The van der Waals surface area contributed by atoms with Crippen LogP contribution in [0.4, 0.5) is 0 Å². The van der Waals surface area contributed by atoms with Crippen LogP contribution in [0.15, 0.2) is 11.8 Å². The maximum atomic E-state index is 11.5. The molecule has 2 saturated carbocycles. The molecule has 0 bridgehead atoms. The third-order valence-corrected chi connectivity index (χ3v) is 6.45. The van der Waals surface area contributed by atoms with E-state index in [0.29, 0.717) is 18.4 Å². The Kier molecular flexibility index (Phi) is 2.96. The minimum atomic E-state index is -0.601. The van der Waals surface area contributed by atoms with Crippen LogP contribution in [0.1, 0.15) is 33.6 Å². The van der Waals surface area contributed by atoms with Crippen LogP contribution in [0, 0.1) is 29.1 Å². The maximum Gasteiger partial charge on any atom is 0.305 e. The molecule has 122 valence electrons. The highest BCUT2D eigenvalue weighted by molar-refractivity contribution is 5.66. The molecule has 3 fully saturated rings. The lowest BCUT2D eigenvalue weighted by Gasteiger charge is -2.40. The van der Waals surface area contributed by atoms with E-state index < -0.39 is 6.29 Å². The van der Waals surface area contributed by atoms with Crippen molar-refractivity contribution in [1.82, 2.24) is 0 Å². The first kappa shape index (κ1) is 14.5. The molecule has 2 heterocycles. The molecule has 1 spiro atoms. The molecule has 22 heavy (non-hydrogen) atoms. The molecule has 5 nitrogen and oxygen atoms in total. The highest BCUT2D eigenvalue weighted by Crippen LogP contribution is 2.71. The number of carbonyl (C=O) groups excluding carboxylic acids is 1. The molecule has 4 rings (SSSR count). The molecular formula is C17H24O5. The number of aliphatic hydroxyl groups is 1. The van der Waals surface area contributed by atoms with Crippen molar-refractivity contribution < 1.29 is 24.1 Å². The van der Waals surface area contributed by atoms with Crippen molar-refractivity contribution in [1.29, 1.82) is 0 Å². The lowest BCUT2D eigenvalue weighted by atomic mass is 9.72. The topological polar surface area (TPSA) is 68.3 Å². The van der Waals surface area contributed by atoms with Crippen LogP contribution in [-0.4, -0.2) is 36.2 Å². The minimum absolute atomic E-state index is 0.0106. The molecule has 0 aromatic heterocycles. The molecule has 2 aliphatic carbocycles. The van der Waals surface area contributed by atoms with E-state index in [1.54, 1.807) is 6.26 Å². The average molecular weight is 308 g/mol. The molecule has 1 N–H and O–H groups in total. The number of fused-ring (bicyclic) bond motifs is 4. The summed E-state index contributed by atoms with van der Waals surface area (Å²) in [5, 5.41) is 9.79. The number of hydrogen-bond donors (Lipinski definition) is 1. The Morgan fingerprint density at radius 1 is 1.45 bits per heavy atom. The Morgan fingerprint density at radius 3 is 2.77 bits per heavy atom. The van der Waals surface area contributed by atoms with Gasteiger partial charge < -0.3 is 19.3 Å². The summed E-state index contributed by atoms with van der Waals surface area (Å²) in [4.78, 5) is 11.5. The molecule has 2 aliphatic heterocycles. The van der Waals surface area contributed by atoms with Crippen molar-refractivity contribution in [2.24, 2.45) is 29.1 Å². The van der Waals surface area contributed by atoms with E-state index in [9.17, 15) is 9.90 Å². The van der Waals surface area contributed by atoms with Crippen LogP contribution in [0.3, 0.4) is 0 Å². The molecule has 0 amide bonds. The quantitative estimate of drug-likeness (QED) is 0.623. The predicted molar refractivity (Wildman–Crippen MR) is 77.5 cm³/mol. The smallest absolute Gasteiger partial charge is 0.305 e. The Hall–Kier alpha value is -1.07. The Labute approximate surface area is 130 Å². The van der Waals surface area contributed by atoms with Gasteiger partial charge in [0.25, 0.3) is 0 Å². The second kappa shape index (κ2) is 4.48. The number of rotatable bonds is 2. The Bertz CT molecular complexity index is 533. The van der Waals surface area contributed by atoms with Gasteiger partial charge in [-0.05, 0) is 35.7 Å². The van der Waals surface area contributed by atoms with Crippen molar-refractivity contribution in [3.63, 3.8) is 0 Å². The summed E-state index contributed by atoms with van der Waals surface area (Å²) in [6, 6.07) is 0. The van der Waals surface area contributed by atoms with Gasteiger partial charge in [-0.25, -0.2) is 0 Å². The van der Waals surface area contributed by atoms with Gasteiger partial charge in [0.15, 0.2) is 0 Å². The summed E-state index contributed by atoms with van der Waals surface area (Å²) < 4.78 is 17.0. The van der Waals surface area contributed by atoms with Crippen molar-refractivity contribution >= 4 is 5.97 Å². The fourth-order valence-electron chi connectivity index (χ4n) is 5.20. The average Bonchev–Trinajstić information content (AvgIpc) is 3.33. The second-order valence-electron chi connectivity index (χ2n) is 7.86. The minimum Gasteiger partial charge on any atom is -0.462 e. The van der Waals surface area contributed by atoms with E-state index in [1.165, 1.54) is 6.92 Å². The SMILES string of the molecule is CC(=O)OC1OC=C(CO)C2C1C1(CCC3C2C3(C)C)CO1. The van der Waals surface area contributed by atoms with E-state index in [0.717, 1.165) is 18.4 Å². The Balaban J connectivity index is 1.74. The molecule has 5 heteroatoms. The summed E-state index contributed by atoms with van der Waals surface area (Å²) in [6.45, 7) is 6.70. The number of ether oxygens (including phenoxy) is 3. The zero-order chi connectivity index (χ0) is 15.7. The third kappa shape index (κ3) is 1.88. The van der Waals surface area contributed by atoms with E-state index in [2.05, 4.69) is 13.8 Å². The molecule has 1 saturated heterocycles. The highest BCUT2D eigenvalue weighted by atomic mass is 16.7. The zero-order valence-corrected chi connectivity index (χ0v) is 13.4. The number of carbonyl (C=O) groups is 1. The van der Waals surface area contributed by atoms with Crippen LogP contribution in [0.5, 0.6) is 0 Å². The molecular weight excluding hydrogens is 284 g/mol. The zero-order valence-electron chi connectivity index (χ0n) is 13.4. The maximum absolute atomic E-state index is 11.5. The number of hydrogen-bond acceptors (Lipinski definition) is 5. The van der Waals surface area contributed by atoms with E-state index >= 15 is 0 Å². The molecule has 0 aromatic rings. The van der Waals surface area contributed by atoms with Gasteiger partial charge in [0.1, 0.15) is 5.60 Å². The molecule has 0 aromatic carbocycles. The fourth-order valence-corrected chi connectivity index (χ4v) is 5.20. The first-order valence-electron chi connectivity index (χ1n) is 8.17. The summed E-state index contributed by atoms with van der Waals surface area (Å²) in [7, 11) is 0. The van der Waals surface area contributed by atoms with Crippen LogP contribution in [0.25, 0.3) is 0 Å². The van der Waals surface area contributed by atoms with E-state index in [4.69, 9.17) is 14.2 Å². The number of epoxide rings is 1. The van der Waals surface area contributed by atoms with Gasteiger partial charge >= 0.3 is 5.97 Å². The van der Waals surface area contributed by atoms with E-state index in [-0.39, 0.29) is 35.4 Å². The molecule has 4 aliphatic rings. The normalized spacial score (nSPS) is 47.5. The van der Waals surface area contributed by atoms with Crippen molar-refractivity contribution in [3.05, 3.63) is 11.8 Å². The van der Waals surface area contributed by atoms with Gasteiger partial charge in [-0.2, -0.15) is 0 Å². The third-order valence-electron chi connectivity index (χ3n) is 6.45. The number of aliphatic hydroxyl groups excluding tert-OH is 1. The second-order valence-corrected chi connectivity index (χ2v) is 7.86. The molecule has 0 radical (unpaired) electrons. The van der Waals surface area contributed by atoms with Gasteiger partial charge in [0.2, 0.25) is 6.29 Å². The monoisotopic (exact) mass is 308 g/mol. The van der Waals surface area contributed by atoms with Crippen LogP contribution in [-0.2, 0) is 19.0 Å². The Morgan fingerprint density at radius 2 is 2.18 bits per heavy atom. The van der Waals surface area contributed by atoms with Gasteiger partial charge in [-0.3, -0.25) is 4.79 Å². The lowest BCUT2D eigenvalue weighted by Crippen LogP contribution is -2.47. The first-order chi connectivity index (χ1) is 10.4. The van der Waals surface area contributed by atoms with Crippen LogP contribution >= 0.6 is 0 Å². The highest BCUT2D eigenvalue weighted by Gasteiger charge is 2.72. The van der Waals surface area contributed by atoms with Crippen LogP contribution in [0.2, 0.25) is 0 Å². The first-order valence-corrected chi connectivity index (χ1v) is 8.17. The molecule has 6 unspecified atom stereocenters. The summed E-state index contributed by atoms with van der Waals surface area (Å²) in [6.07, 6.45) is 3.13. The largest absolute Gasteiger partial charge is 0.462 e. The summed E-state index contributed by atoms with van der Waals surface area (Å²) in [5.41, 5.74) is 0.958. The van der Waals surface area contributed by atoms with E-state index in [1.807, 2.05) is 0 Å². The number of esters is 1. The van der Waals surface area contributed by atoms with Gasteiger partial charge in [-0.1, -0.05) is 13.8 Å². The van der Waals surface area contributed by atoms with Gasteiger partial charge in [-0.15, -0.1) is 0 Å². The van der Waals surface area contributed by atoms with Gasteiger partial charge in [0.05, 0.1) is 25.4 Å². The van der Waals surface area contributed by atoms with Crippen molar-refractivity contribution in [2.45, 2.75) is 45.5 Å². The van der Waals surface area contributed by atoms with Crippen molar-refractivity contribution in [3.8, 4) is 0 Å². The predicted octanol–water partition coefficient (Wildman–Crippen LogP) is 1.85. The standard InChI is InChI=1S/C17H24O5/c1-9(19)22-15-14-12(10(6-18)7-20-15)13-11(16(13,2)3)4-5-17(14)8-21-17/h7,11-15,18H,4-6,8H2,1-3H3. The van der Waals surface area contributed by atoms with Gasteiger partial charge in [0, 0.05) is 12.8 Å².